The molecule has 9 heteroatoms. The zero-order valence-electron chi connectivity index (χ0n) is 20.8. The van der Waals surface area contributed by atoms with E-state index in [0.29, 0.717) is 19.5 Å². The van der Waals surface area contributed by atoms with Crippen molar-refractivity contribution in [1.82, 2.24) is 9.80 Å². The van der Waals surface area contributed by atoms with E-state index in [1.54, 1.807) is 11.0 Å². The number of likely N-dealkylation sites (N-methyl/N-ethyl adjacent to an activating group) is 1. The predicted molar refractivity (Wildman–Crippen MR) is 141 cm³/mol. The summed E-state index contributed by atoms with van der Waals surface area (Å²) in [7, 11) is 1.43. The maximum absolute atomic E-state index is 13.0. The maximum Gasteiger partial charge on any atom is 0.410 e. The number of carbonyl (C=O) groups is 3. The molecule has 0 radical (unpaired) electrons. The summed E-state index contributed by atoms with van der Waals surface area (Å²) in [6.07, 6.45) is 2.48. The zero-order valence-corrected chi connectivity index (χ0v) is 22.3. The third kappa shape index (κ3) is 6.80. The number of ether oxygens (including phenoxy) is 1. The Hall–Kier alpha value is -3.03. The monoisotopic (exact) mass is 532 g/mol. The fourth-order valence-electron chi connectivity index (χ4n) is 3.91. The number of nitrogens with zero attached hydrogens (tertiary/aromatic N) is 2. The van der Waals surface area contributed by atoms with Crippen LogP contribution in [0.1, 0.15) is 48.7 Å². The number of halogens is 2. The van der Waals surface area contributed by atoms with Crippen molar-refractivity contribution < 1.29 is 24.2 Å². The average Bonchev–Trinajstić information content (AvgIpc) is 2.81. The Morgan fingerprint density at radius 1 is 1.08 bits per heavy atom. The van der Waals surface area contributed by atoms with Crippen LogP contribution >= 0.6 is 23.2 Å². The van der Waals surface area contributed by atoms with Crippen molar-refractivity contribution in [3.05, 3.63) is 75.3 Å². The third-order valence-corrected chi connectivity index (χ3v) is 6.49. The van der Waals surface area contributed by atoms with Gasteiger partial charge in [0.2, 0.25) is 0 Å². The molecule has 36 heavy (non-hydrogen) atoms. The van der Waals surface area contributed by atoms with Crippen LogP contribution < -0.4 is 0 Å². The largest absolute Gasteiger partial charge is 0.480 e. The molecular formula is C27H30Cl2N2O5. The van der Waals surface area contributed by atoms with Crippen molar-refractivity contribution in [3.8, 4) is 0 Å². The minimum absolute atomic E-state index is 0.0783. The predicted octanol–water partition coefficient (Wildman–Crippen LogP) is 5.79. The lowest BCUT2D eigenvalue weighted by molar-refractivity contribution is -0.141. The summed E-state index contributed by atoms with van der Waals surface area (Å²) in [6.45, 7) is 6.54. The second-order valence-corrected chi connectivity index (χ2v) is 10.5. The van der Waals surface area contributed by atoms with Crippen molar-refractivity contribution >= 4 is 46.7 Å². The minimum atomic E-state index is -1.13. The number of hydrogen-bond acceptors (Lipinski definition) is 4. The van der Waals surface area contributed by atoms with Gasteiger partial charge in [0.15, 0.2) is 0 Å². The highest BCUT2D eigenvalue weighted by Gasteiger charge is 2.30. The van der Waals surface area contributed by atoms with Crippen molar-refractivity contribution in [2.24, 2.45) is 0 Å². The number of benzene rings is 2. The molecule has 0 aliphatic carbocycles. The maximum atomic E-state index is 13.0. The highest BCUT2D eigenvalue weighted by atomic mass is 35.5. The molecule has 1 aliphatic rings. The van der Waals surface area contributed by atoms with E-state index in [1.165, 1.54) is 19.2 Å². The normalized spacial score (nSPS) is 14.6. The van der Waals surface area contributed by atoms with Crippen LogP contribution in [0.4, 0.5) is 4.79 Å². The Morgan fingerprint density at radius 2 is 1.69 bits per heavy atom. The van der Waals surface area contributed by atoms with Crippen LogP contribution in [0, 0.1) is 0 Å². The molecule has 0 unspecified atom stereocenters. The summed E-state index contributed by atoms with van der Waals surface area (Å²) in [5.41, 5.74) is 2.42. The van der Waals surface area contributed by atoms with Gasteiger partial charge in [0, 0.05) is 26.6 Å². The average molecular weight is 533 g/mol. The molecule has 1 aliphatic heterocycles. The number of amides is 2. The van der Waals surface area contributed by atoms with E-state index in [2.05, 4.69) is 0 Å². The van der Waals surface area contributed by atoms with E-state index in [4.69, 9.17) is 27.9 Å². The molecule has 7 nitrogen and oxygen atoms in total. The lowest BCUT2D eigenvalue weighted by Gasteiger charge is -2.29. The molecule has 1 atom stereocenters. The number of carboxylic acids is 1. The summed E-state index contributed by atoms with van der Waals surface area (Å²) in [5.74, 6) is -1.69. The summed E-state index contributed by atoms with van der Waals surface area (Å²) in [5, 5.41) is 10.2. The van der Waals surface area contributed by atoms with Gasteiger partial charge in [-0.3, -0.25) is 4.79 Å². The molecule has 0 aromatic heterocycles. The standard InChI is InChI=1S/C27H30Cl2N2O5/c1-27(2,3)36-26(35)31-14-12-19(13-15-31)18-10-8-17(9-11-18)16-22(25(33)34)30(4)24(32)23-20(28)6-5-7-21(23)29/h5-12,22H,13-16H2,1-4H3,(H,33,34)/t22-/m0/s1. The van der Waals surface area contributed by atoms with Gasteiger partial charge in [-0.05, 0) is 56.0 Å². The number of carbonyl (C=O) groups excluding carboxylic acids is 2. The first-order valence-corrected chi connectivity index (χ1v) is 12.3. The Morgan fingerprint density at radius 3 is 2.19 bits per heavy atom. The molecule has 2 aromatic rings. The van der Waals surface area contributed by atoms with Gasteiger partial charge in [0.05, 0.1) is 15.6 Å². The zero-order chi connectivity index (χ0) is 26.6. The van der Waals surface area contributed by atoms with Crippen molar-refractivity contribution in [3.63, 3.8) is 0 Å². The lowest BCUT2D eigenvalue weighted by Crippen LogP contribution is -2.44. The smallest absolute Gasteiger partial charge is 0.410 e. The van der Waals surface area contributed by atoms with Crippen molar-refractivity contribution in [1.29, 1.82) is 0 Å². The second kappa shape index (κ2) is 11.4. The molecule has 0 spiro atoms. The summed E-state index contributed by atoms with van der Waals surface area (Å²) < 4.78 is 5.43. The van der Waals surface area contributed by atoms with E-state index in [-0.39, 0.29) is 28.1 Å². The number of carboxylic acid groups (broad SMARTS) is 1. The Balaban J connectivity index is 1.69. The Kier molecular flexibility index (Phi) is 8.69. The molecular weight excluding hydrogens is 503 g/mol. The molecule has 0 bridgehead atoms. The lowest BCUT2D eigenvalue weighted by atomic mass is 9.96. The molecule has 0 fully saturated rings. The third-order valence-electron chi connectivity index (χ3n) is 5.86. The minimum Gasteiger partial charge on any atom is -0.480 e. The van der Waals surface area contributed by atoms with Crippen molar-refractivity contribution in [2.75, 3.05) is 20.1 Å². The van der Waals surface area contributed by atoms with Gasteiger partial charge in [0.25, 0.3) is 5.91 Å². The van der Waals surface area contributed by atoms with Crippen molar-refractivity contribution in [2.45, 2.75) is 45.3 Å². The number of hydrogen-bond donors (Lipinski definition) is 1. The van der Waals surface area contributed by atoms with Gasteiger partial charge in [-0.1, -0.05) is 59.6 Å². The Bertz CT molecular complexity index is 1150. The number of rotatable bonds is 6. The molecule has 3 rings (SSSR count). The first-order valence-electron chi connectivity index (χ1n) is 11.6. The van der Waals surface area contributed by atoms with Crippen LogP contribution in [-0.4, -0.2) is 64.7 Å². The van der Waals surface area contributed by atoms with E-state index < -0.39 is 23.5 Å². The highest BCUT2D eigenvalue weighted by Crippen LogP contribution is 2.27. The molecule has 2 amide bonds. The van der Waals surface area contributed by atoms with Gasteiger partial charge in [-0.25, -0.2) is 9.59 Å². The first-order chi connectivity index (χ1) is 16.9. The number of aliphatic carboxylic acids is 1. The topological polar surface area (TPSA) is 87.2 Å². The summed E-state index contributed by atoms with van der Waals surface area (Å²) in [4.78, 5) is 40.1. The van der Waals surface area contributed by atoms with Gasteiger partial charge < -0.3 is 19.6 Å². The van der Waals surface area contributed by atoms with Crippen LogP contribution in [0.5, 0.6) is 0 Å². The summed E-state index contributed by atoms with van der Waals surface area (Å²) >= 11 is 12.3. The SMILES string of the molecule is CN(C(=O)c1c(Cl)cccc1Cl)[C@@H](Cc1ccc(C2=CCN(C(=O)OC(C)(C)C)CC2)cc1)C(=O)O. The highest BCUT2D eigenvalue weighted by molar-refractivity contribution is 6.39. The molecule has 1 heterocycles. The summed E-state index contributed by atoms with van der Waals surface area (Å²) in [6, 6.07) is 11.2. The van der Waals surface area contributed by atoms with Crippen LogP contribution in [0.3, 0.4) is 0 Å². The fourth-order valence-corrected chi connectivity index (χ4v) is 4.47. The van der Waals surface area contributed by atoms with Gasteiger partial charge in [-0.15, -0.1) is 0 Å². The van der Waals surface area contributed by atoms with E-state index in [0.717, 1.165) is 21.6 Å². The molecule has 0 saturated carbocycles. The van der Waals surface area contributed by atoms with E-state index in [1.807, 2.05) is 51.1 Å². The first kappa shape index (κ1) is 27.6. The molecule has 0 saturated heterocycles. The van der Waals surface area contributed by atoms with Crippen LogP contribution in [0.15, 0.2) is 48.5 Å². The van der Waals surface area contributed by atoms with Gasteiger partial charge in [0.1, 0.15) is 11.6 Å². The fraction of sp³-hybridized carbons (Fsp3) is 0.370. The van der Waals surface area contributed by atoms with Gasteiger partial charge in [-0.2, -0.15) is 0 Å². The molecule has 2 aromatic carbocycles. The van der Waals surface area contributed by atoms with Crippen LogP contribution in [0.2, 0.25) is 10.0 Å². The van der Waals surface area contributed by atoms with Crippen LogP contribution in [0.25, 0.3) is 5.57 Å². The van der Waals surface area contributed by atoms with Crippen LogP contribution in [-0.2, 0) is 16.0 Å². The molecule has 1 N–H and O–H groups in total. The van der Waals surface area contributed by atoms with E-state index >= 15 is 0 Å². The second-order valence-electron chi connectivity index (χ2n) is 9.67. The van der Waals surface area contributed by atoms with Gasteiger partial charge >= 0.3 is 12.1 Å². The Labute approximate surface area is 221 Å². The van der Waals surface area contributed by atoms with E-state index in [9.17, 15) is 19.5 Å². The quantitative estimate of drug-likeness (QED) is 0.508. The molecule has 192 valence electrons.